The van der Waals surface area contributed by atoms with E-state index in [2.05, 4.69) is 17.5 Å². The van der Waals surface area contributed by atoms with Crippen LogP contribution in [-0.2, 0) is 35.2 Å². The van der Waals surface area contributed by atoms with Gasteiger partial charge in [-0.1, -0.05) is 37.6 Å². The van der Waals surface area contributed by atoms with E-state index in [-0.39, 0.29) is 0 Å². The monoisotopic (exact) mass is 517 g/mol. The van der Waals surface area contributed by atoms with E-state index in [4.69, 9.17) is 14.5 Å². The lowest BCUT2D eigenvalue weighted by atomic mass is 10.1. The number of nitrogens with zero attached hydrogens (tertiary/aromatic N) is 2. The molecule has 1 aliphatic heterocycles. The molecule has 1 aromatic heterocycles. The molecule has 36 heavy (non-hydrogen) atoms. The molecule has 0 aliphatic carbocycles. The second-order valence-electron chi connectivity index (χ2n) is 8.31. The number of unbranched alkanes of at least 4 members (excludes halogenated alkanes) is 1. The molecule has 1 N–H and O–H groups in total. The van der Waals surface area contributed by atoms with Gasteiger partial charge < -0.3 is 9.47 Å². The number of hydrazone groups is 1. The van der Waals surface area contributed by atoms with E-state index in [9.17, 15) is 18.0 Å². The van der Waals surface area contributed by atoms with Gasteiger partial charge in [0, 0.05) is 12.0 Å². The molecule has 0 saturated carbocycles. The van der Waals surface area contributed by atoms with Crippen LogP contribution in [0.5, 0.6) is 5.75 Å². The summed E-state index contributed by atoms with van der Waals surface area (Å²) < 4.78 is 50.2. The fraction of sp³-hybridized carbons (Fsp3) is 0.346. The Morgan fingerprint density at radius 1 is 1.14 bits per heavy atom. The van der Waals surface area contributed by atoms with Gasteiger partial charge >= 0.3 is 6.18 Å². The minimum absolute atomic E-state index is 0.321. The molecule has 1 atom stereocenters. The number of aldehydes is 1. The van der Waals surface area contributed by atoms with Crippen molar-refractivity contribution in [2.24, 2.45) is 5.10 Å². The van der Waals surface area contributed by atoms with Crippen LogP contribution >= 0.6 is 11.3 Å². The number of rotatable bonds is 11. The smallest absolute Gasteiger partial charge is 0.416 e. The summed E-state index contributed by atoms with van der Waals surface area (Å²) in [4.78, 5) is 16.4. The zero-order valence-electron chi connectivity index (χ0n) is 19.7. The lowest BCUT2D eigenvalue weighted by Gasteiger charge is -2.08. The first kappa shape index (κ1) is 25.7. The summed E-state index contributed by atoms with van der Waals surface area (Å²) in [5.74, 6) is 1.19. The van der Waals surface area contributed by atoms with E-state index in [0.29, 0.717) is 48.0 Å². The predicted octanol–water partition coefficient (Wildman–Crippen LogP) is 6.14. The van der Waals surface area contributed by atoms with E-state index in [1.54, 1.807) is 0 Å². The van der Waals surface area contributed by atoms with E-state index >= 15 is 0 Å². The highest BCUT2D eigenvalue weighted by molar-refractivity contribution is 7.15. The minimum Gasteiger partial charge on any atom is -0.488 e. The molecule has 10 heteroatoms. The molecule has 2 aromatic carbocycles. The topological polar surface area (TPSA) is 72.8 Å². The quantitative estimate of drug-likeness (QED) is 0.309. The fourth-order valence-electron chi connectivity index (χ4n) is 3.66. The first-order valence-electron chi connectivity index (χ1n) is 11.7. The van der Waals surface area contributed by atoms with Crippen LogP contribution in [0.2, 0.25) is 0 Å². The molecular formula is C26H26F3N3O3S. The Balaban J connectivity index is 1.42. The van der Waals surface area contributed by atoms with Crippen molar-refractivity contribution in [1.29, 1.82) is 0 Å². The van der Waals surface area contributed by atoms with Crippen LogP contribution in [-0.4, -0.2) is 23.4 Å². The van der Waals surface area contributed by atoms with Crippen LogP contribution in [0.25, 0.3) is 10.6 Å². The number of carbonyl (C=O) groups excluding carboxylic acids is 1. The van der Waals surface area contributed by atoms with Crippen LogP contribution in [0, 0.1) is 0 Å². The average Bonchev–Trinajstić information content (AvgIpc) is 3.51. The molecule has 0 spiro atoms. The molecule has 2 heterocycles. The maximum atomic E-state index is 12.9. The zero-order valence-corrected chi connectivity index (χ0v) is 20.5. The molecule has 190 valence electrons. The van der Waals surface area contributed by atoms with Crippen molar-refractivity contribution in [3.63, 3.8) is 0 Å². The van der Waals surface area contributed by atoms with Gasteiger partial charge in [-0.15, -0.1) is 16.4 Å². The van der Waals surface area contributed by atoms with Gasteiger partial charge in [-0.05, 0) is 49.1 Å². The number of aromatic nitrogens is 1. The molecule has 3 aromatic rings. The lowest BCUT2D eigenvalue weighted by molar-refractivity contribution is -0.137. The van der Waals surface area contributed by atoms with Gasteiger partial charge in [-0.25, -0.2) is 4.98 Å². The third-order valence-electron chi connectivity index (χ3n) is 5.60. The SMILES string of the molecule is CCCCc1nc(-c2ccc(C(F)(F)F)cc2)sc1COc1cccc(CCC2=NNC(C=O)O2)c1. The van der Waals surface area contributed by atoms with Gasteiger partial charge in [-0.2, -0.15) is 13.2 Å². The van der Waals surface area contributed by atoms with Crippen molar-refractivity contribution in [2.45, 2.75) is 58.0 Å². The Hall–Kier alpha value is -3.40. The molecule has 0 saturated heterocycles. The Labute approximate surface area is 211 Å². The second kappa shape index (κ2) is 11.6. The third-order valence-corrected chi connectivity index (χ3v) is 6.72. The lowest BCUT2D eigenvalue weighted by Crippen LogP contribution is -2.22. The highest BCUT2D eigenvalue weighted by Crippen LogP contribution is 2.34. The van der Waals surface area contributed by atoms with Crippen molar-refractivity contribution in [3.05, 3.63) is 70.2 Å². The van der Waals surface area contributed by atoms with Crippen molar-refractivity contribution in [2.75, 3.05) is 0 Å². The van der Waals surface area contributed by atoms with E-state index in [1.807, 2.05) is 24.3 Å². The number of ether oxygens (including phenoxy) is 2. The molecule has 0 amide bonds. The van der Waals surface area contributed by atoms with E-state index < -0.39 is 18.0 Å². The predicted molar refractivity (Wildman–Crippen MR) is 132 cm³/mol. The number of alkyl halides is 3. The van der Waals surface area contributed by atoms with E-state index in [0.717, 1.165) is 47.5 Å². The van der Waals surface area contributed by atoms with Crippen LogP contribution in [0.4, 0.5) is 13.2 Å². The number of hydrogen-bond acceptors (Lipinski definition) is 7. The summed E-state index contributed by atoms with van der Waals surface area (Å²) in [7, 11) is 0. The largest absolute Gasteiger partial charge is 0.488 e. The number of halogens is 3. The van der Waals surface area contributed by atoms with Gasteiger partial charge in [0.1, 0.15) is 17.4 Å². The normalized spacial score (nSPS) is 15.2. The molecule has 1 unspecified atom stereocenters. The first-order valence-corrected chi connectivity index (χ1v) is 12.5. The summed E-state index contributed by atoms with van der Waals surface area (Å²) in [5, 5.41) is 4.68. The van der Waals surface area contributed by atoms with Crippen molar-refractivity contribution >= 4 is 23.5 Å². The second-order valence-corrected chi connectivity index (χ2v) is 9.40. The van der Waals surface area contributed by atoms with Crippen molar-refractivity contribution in [1.82, 2.24) is 10.4 Å². The standard InChI is InChI=1S/C26H26F3N3O3S/c1-2-3-7-21-22(36-25(30-21)18-9-11-19(12-10-18)26(27,28)29)16-34-20-6-4-5-17(14-20)8-13-23-31-32-24(15-33)35-23/h4-6,9-12,14-15,24,32H,2-3,7-8,13,16H2,1H3. The Kier molecular flexibility index (Phi) is 8.25. The van der Waals surface area contributed by atoms with Gasteiger partial charge in [0.15, 0.2) is 6.29 Å². The summed E-state index contributed by atoms with van der Waals surface area (Å²) in [6.07, 6.45) is -0.460. The highest BCUT2D eigenvalue weighted by atomic mass is 32.1. The number of hydrogen-bond donors (Lipinski definition) is 1. The maximum Gasteiger partial charge on any atom is 0.416 e. The zero-order chi connectivity index (χ0) is 25.5. The summed E-state index contributed by atoms with van der Waals surface area (Å²) in [6, 6.07) is 12.8. The number of thiazole rings is 1. The first-order chi connectivity index (χ1) is 17.4. The van der Waals surface area contributed by atoms with Gasteiger partial charge in [0.25, 0.3) is 0 Å². The number of aryl methyl sites for hydroxylation is 2. The van der Waals surface area contributed by atoms with Crippen molar-refractivity contribution < 1.29 is 27.4 Å². The minimum atomic E-state index is -4.37. The molecular weight excluding hydrogens is 491 g/mol. The molecule has 0 fully saturated rings. The van der Waals surface area contributed by atoms with Crippen LogP contribution in [0.15, 0.2) is 53.6 Å². The number of carbonyl (C=O) groups is 1. The highest BCUT2D eigenvalue weighted by Gasteiger charge is 2.30. The molecule has 4 rings (SSSR count). The summed E-state index contributed by atoms with van der Waals surface area (Å²) >= 11 is 1.44. The Bertz CT molecular complexity index is 1210. The number of nitrogens with one attached hydrogen (secondary N) is 1. The Morgan fingerprint density at radius 2 is 1.94 bits per heavy atom. The van der Waals surface area contributed by atoms with Gasteiger partial charge in [0.05, 0.1) is 16.1 Å². The van der Waals surface area contributed by atoms with Gasteiger partial charge in [-0.3, -0.25) is 10.2 Å². The molecule has 0 radical (unpaired) electrons. The third kappa shape index (κ3) is 6.63. The molecule has 1 aliphatic rings. The summed E-state index contributed by atoms with van der Waals surface area (Å²) in [6.45, 7) is 2.42. The molecule has 6 nitrogen and oxygen atoms in total. The Morgan fingerprint density at radius 3 is 2.64 bits per heavy atom. The van der Waals surface area contributed by atoms with E-state index in [1.165, 1.54) is 23.5 Å². The summed E-state index contributed by atoms with van der Waals surface area (Å²) in [5.41, 5.74) is 4.54. The van der Waals surface area contributed by atoms with Crippen LogP contribution < -0.4 is 10.2 Å². The van der Waals surface area contributed by atoms with Gasteiger partial charge in [0.2, 0.25) is 12.1 Å². The average molecular weight is 518 g/mol. The van der Waals surface area contributed by atoms with Crippen LogP contribution in [0.1, 0.15) is 47.9 Å². The van der Waals surface area contributed by atoms with Crippen molar-refractivity contribution in [3.8, 4) is 16.3 Å². The van der Waals surface area contributed by atoms with Crippen LogP contribution in [0.3, 0.4) is 0 Å². The maximum absolute atomic E-state index is 12.9. The number of benzene rings is 2. The molecule has 0 bridgehead atoms. The fourth-order valence-corrected chi connectivity index (χ4v) is 4.69.